The zero-order chi connectivity index (χ0) is 21.8. The van der Waals surface area contributed by atoms with Gasteiger partial charge >= 0.3 is 0 Å². The van der Waals surface area contributed by atoms with Crippen molar-refractivity contribution in [3.8, 4) is 22.9 Å². The maximum atomic E-state index is 14.1. The molecule has 0 saturated carbocycles. The maximum Gasteiger partial charge on any atom is 0.134 e. The lowest BCUT2D eigenvalue weighted by Gasteiger charge is -2.11. The monoisotopic (exact) mass is 417 g/mol. The van der Waals surface area contributed by atoms with Gasteiger partial charge in [0.15, 0.2) is 0 Å². The van der Waals surface area contributed by atoms with Crippen LogP contribution in [-0.2, 0) is 6.61 Å². The van der Waals surface area contributed by atoms with Crippen LogP contribution in [0.5, 0.6) is 17.2 Å². The molecule has 0 amide bonds. The van der Waals surface area contributed by atoms with E-state index in [1.165, 1.54) is 17.7 Å². The molecule has 0 aliphatic heterocycles. The summed E-state index contributed by atoms with van der Waals surface area (Å²) in [6.45, 7) is 6.40. The topological polar surface area (TPSA) is 49.2 Å². The van der Waals surface area contributed by atoms with Crippen LogP contribution in [0, 0.1) is 12.7 Å². The van der Waals surface area contributed by atoms with Crippen LogP contribution in [0.1, 0.15) is 36.7 Å². The summed E-state index contributed by atoms with van der Waals surface area (Å²) in [5.74, 6) is 2.09. The predicted octanol–water partition coefficient (Wildman–Crippen LogP) is 6.21. The molecule has 31 heavy (non-hydrogen) atoms. The molecule has 2 aromatic carbocycles. The number of aromatic nitrogens is 3. The van der Waals surface area contributed by atoms with Gasteiger partial charge in [0.05, 0.1) is 0 Å². The smallest absolute Gasteiger partial charge is 0.134 e. The van der Waals surface area contributed by atoms with E-state index in [1.54, 1.807) is 18.5 Å². The molecule has 158 valence electrons. The molecule has 0 fully saturated rings. The Balaban J connectivity index is 1.44. The van der Waals surface area contributed by atoms with Crippen molar-refractivity contribution in [1.82, 2.24) is 14.5 Å². The molecule has 0 aliphatic carbocycles. The van der Waals surface area contributed by atoms with E-state index < -0.39 is 5.82 Å². The van der Waals surface area contributed by atoms with Gasteiger partial charge in [-0.15, -0.1) is 0 Å². The van der Waals surface area contributed by atoms with Crippen molar-refractivity contribution in [2.75, 3.05) is 0 Å². The lowest BCUT2D eigenvalue weighted by atomic mass is 10.1. The Kier molecular flexibility index (Phi) is 5.98. The summed E-state index contributed by atoms with van der Waals surface area (Å²) < 4.78 is 27.7. The van der Waals surface area contributed by atoms with Crippen LogP contribution in [0.3, 0.4) is 0 Å². The Morgan fingerprint density at radius 3 is 2.32 bits per heavy atom. The van der Waals surface area contributed by atoms with Gasteiger partial charge in [0, 0.05) is 54.2 Å². The van der Waals surface area contributed by atoms with Gasteiger partial charge in [-0.1, -0.05) is 13.8 Å². The van der Waals surface area contributed by atoms with Crippen molar-refractivity contribution in [1.29, 1.82) is 0 Å². The predicted molar refractivity (Wildman–Crippen MR) is 117 cm³/mol. The van der Waals surface area contributed by atoms with Crippen LogP contribution >= 0.6 is 0 Å². The molecule has 0 N–H and O–H groups in total. The van der Waals surface area contributed by atoms with E-state index in [2.05, 4.69) is 40.6 Å². The highest BCUT2D eigenvalue weighted by molar-refractivity contribution is 5.42. The maximum absolute atomic E-state index is 14.1. The van der Waals surface area contributed by atoms with Crippen LogP contribution in [0.4, 0.5) is 4.39 Å². The van der Waals surface area contributed by atoms with E-state index in [4.69, 9.17) is 9.47 Å². The third kappa shape index (κ3) is 5.28. The number of ether oxygens (including phenoxy) is 2. The number of hydrogen-bond acceptors (Lipinski definition) is 4. The summed E-state index contributed by atoms with van der Waals surface area (Å²) in [4.78, 5) is 8.26. The standard InChI is InChI=1S/C25H24FN3O2/c1-17(2)20-8-9-29(15-20)22-4-6-23(7-5-22)31-25-11-21(26)10-24(12-25)30-16-19-13-27-18(3)28-14-19/h4-15,17H,16H2,1-3H3. The molecule has 4 rings (SSSR count). The molecule has 0 radical (unpaired) electrons. The Morgan fingerprint density at radius 2 is 1.65 bits per heavy atom. The zero-order valence-electron chi connectivity index (χ0n) is 17.7. The molecule has 5 nitrogen and oxygen atoms in total. The second-order valence-corrected chi connectivity index (χ2v) is 7.65. The molecule has 0 atom stereocenters. The number of hydrogen-bond donors (Lipinski definition) is 0. The van der Waals surface area contributed by atoms with Crippen molar-refractivity contribution in [2.45, 2.75) is 33.3 Å². The van der Waals surface area contributed by atoms with Crippen LogP contribution in [0.2, 0.25) is 0 Å². The molecule has 2 aromatic heterocycles. The van der Waals surface area contributed by atoms with Crippen molar-refractivity contribution >= 4 is 0 Å². The zero-order valence-corrected chi connectivity index (χ0v) is 17.7. The van der Waals surface area contributed by atoms with Crippen LogP contribution in [0.25, 0.3) is 5.69 Å². The largest absolute Gasteiger partial charge is 0.489 e. The highest BCUT2D eigenvalue weighted by Crippen LogP contribution is 2.28. The summed E-state index contributed by atoms with van der Waals surface area (Å²) in [5, 5.41) is 0. The Morgan fingerprint density at radius 1 is 0.935 bits per heavy atom. The number of halogens is 1. The number of nitrogens with zero attached hydrogens (tertiary/aromatic N) is 3. The average molecular weight is 417 g/mol. The lowest BCUT2D eigenvalue weighted by Crippen LogP contribution is -1.99. The van der Waals surface area contributed by atoms with E-state index in [1.807, 2.05) is 37.4 Å². The van der Waals surface area contributed by atoms with Crippen LogP contribution in [-0.4, -0.2) is 14.5 Å². The van der Waals surface area contributed by atoms with E-state index in [9.17, 15) is 4.39 Å². The van der Waals surface area contributed by atoms with Crippen molar-refractivity contribution < 1.29 is 13.9 Å². The molecule has 0 bridgehead atoms. The minimum atomic E-state index is -0.433. The van der Waals surface area contributed by atoms with E-state index in [0.29, 0.717) is 29.0 Å². The minimum Gasteiger partial charge on any atom is -0.489 e. The Labute approximate surface area is 181 Å². The second-order valence-electron chi connectivity index (χ2n) is 7.65. The molecular weight excluding hydrogens is 393 g/mol. The first-order chi connectivity index (χ1) is 15.0. The van der Waals surface area contributed by atoms with E-state index in [0.717, 1.165) is 11.3 Å². The normalized spacial score (nSPS) is 11.0. The van der Waals surface area contributed by atoms with Gasteiger partial charge in [0.2, 0.25) is 0 Å². The van der Waals surface area contributed by atoms with Crippen molar-refractivity contribution in [3.63, 3.8) is 0 Å². The van der Waals surface area contributed by atoms with Crippen molar-refractivity contribution in [2.24, 2.45) is 0 Å². The highest BCUT2D eigenvalue weighted by Gasteiger charge is 2.07. The van der Waals surface area contributed by atoms with Gasteiger partial charge in [-0.05, 0) is 48.7 Å². The summed E-state index contributed by atoms with van der Waals surface area (Å²) >= 11 is 0. The molecule has 0 spiro atoms. The first-order valence-electron chi connectivity index (χ1n) is 10.1. The molecule has 6 heteroatoms. The van der Waals surface area contributed by atoms with Crippen LogP contribution in [0.15, 0.2) is 73.3 Å². The Hall–Kier alpha value is -3.67. The number of benzene rings is 2. The fraction of sp³-hybridized carbons (Fsp3) is 0.200. The molecule has 0 unspecified atom stereocenters. The third-order valence-corrected chi connectivity index (χ3v) is 4.84. The van der Waals surface area contributed by atoms with Gasteiger partial charge in [-0.3, -0.25) is 0 Å². The number of aryl methyl sites for hydroxylation is 1. The molecule has 4 aromatic rings. The van der Waals surface area contributed by atoms with Gasteiger partial charge in [0.1, 0.15) is 35.5 Å². The third-order valence-electron chi connectivity index (χ3n) is 4.84. The Bertz CT molecular complexity index is 1150. The molecule has 2 heterocycles. The molecule has 0 aliphatic rings. The first-order valence-corrected chi connectivity index (χ1v) is 10.1. The van der Waals surface area contributed by atoms with Crippen LogP contribution < -0.4 is 9.47 Å². The van der Waals surface area contributed by atoms with Crippen molar-refractivity contribution in [3.05, 3.63) is 96.1 Å². The highest BCUT2D eigenvalue weighted by atomic mass is 19.1. The van der Waals surface area contributed by atoms with Gasteiger partial charge < -0.3 is 14.0 Å². The fourth-order valence-electron chi connectivity index (χ4n) is 3.08. The second kappa shape index (κ2) is 9.00. The summed E-state index contributed by atoms with van der Waals surface area (Å²) in [6, 6.07) is 14.1. The average Bonchev–Trinajstić information content (AvgIpc) is 3.24. The lowest BCUT2D eigenvalue weighted by molar-refractivity contribution is 0.301. The fourth-order valence-corrected chi connectivity index (χ4v) is 3.08. The van der Waals surface area contributed by atoms with E-state index >= 15 is 0 Å². The summed E-state index contributed by atoms with van der Waals surface area (Å²) in [6.07, 6.45) is 7.54. The first kappa shape index (κ1) is 20.6. The van der Waals surface area contributed by atoms with E-state index in [-0.39, 0.29) is 6.61 Å². The molecular formula is C25H24FN3O2. The van der Waals surface area contributed by atoms with Gasteiger partial charge in [0.25, 0.3) is 0 Å². The minimum absolute atomic E-state index is 0.243. The van der Waals surface area contributed by atoms with Gasteiger partial charge in [-0.2, -0.15) is 0 Å². The molecule has 0 saturated heterocycles. The number of rotatable bonds is 7. The summed E-state index contributed by atoms with van der Waals surface area (Å²) in [7, 11) is 0. The summed E-state index contributed by atoms with van der Waals surface area (Å²) in [5.41, 5.74) is 3.12. The van der Waals surface area contributed by atoms with Gasteiger partial charge in [-0.25, -0.2) is 14.4 Å². The quantitative estimate of drug-likeness (QED) is 0.359. The SMILES string of the molecule is Cc1ncc(COc2cc(F)cc(Oc3ccc(-n4ccc(C(C)C)c4)cc3)c2)cn1.